The molecule has 1 heterocycles. The summed E-state index contributed by atoms with van der Waals surface area (Å²) >= 11 is 0. The SMILES string of the molecule is CCN(CC(=O)NC(C)C)S(=O)(=O)CCn1c(=O)oc2ccccc21. The molecule has 0 spiro atoms. The van der Waals surface area contributed by atoms with Crippen molar-refractivity contribution in [1.29, 1.82) is 0 Å². The van der Waals surface area contributed by atoms with Gasteiger partial charge in [0.15, 0.2) is 5.58 Å². The van der Waals surface area contributed by atoms with Crippen LogP contribution in [0.25, 0.3) is 11.1 Å². The summed E-state index contributed by atoms with van der Waals surface area (Å²) in [5, 5.41) is 2.67. The number of hydrogen-bond acceptors (Lipinski definition) is 5. The van der Waals surface area contributed by atoms with E-state index >= 15 is 0 Å². The van der Waals surface area contributed by atoms with Gasteiger partial charge in [-0.05, 0) is 26.0 Å². The van der Waals surface area contributed by atoms with E-state index in [4.69, 9.17) is 4.42 Å². The quantitative estimate of drug-likeness (QED) is 0.741. The molecule has 2 aromatic rings. The second-order valence-electron chi connectivity index (χ2n) is 5.95. The topological polar surface area (TPSA) is 102 Å². The van der Waals surface area contributed by atoms with Crippen molar-refractivity contribution < 1.29 is 17.6 Å². The van der Waals surface area contributed by atoms with Crippen LogP contribution in [0.2, 0.25) is 0 Å². The van der Waals surface area contributed by atoms with Crippen LogP contribution in [0, 0.1) is 0 Å². The highest BCUT2D eigenvalue weighted by atomic mass is 32.2. The van der Waals surface area contributed by atoms with E-state index in [-0.39, 0.29) is 37.3 Å². The molecule has 0 saturated heterocycles. The molecule has 25 heavy (non-hydrogen) atoms. The van der Waals surface area contributed by atoms with Crippen LogP contribution in [0.1, 0.15) is 20.8 Å². The Bertz CT molecular complexity index is 898. The molecule has 9 heteroatoms. The Hall–Kier alpha value is -2.13. The summed E-state index contributed by atoms with van der Waals surface area (Å²) in [6.07, 6.45) is 0. The Morgan fingerprint density at radius 3 is 2.64 bits per heavy atom. The van der Waals surface area contributed by atoms with Gasteiger partial charge in [0, 0.05) is 19.1 Å². The van der Waals surface area contributed by atoms with Gasteiger partial charge in [-0.15, -0.1) is 0 Å². The van der Waals surface area contributed by atoms with Crippen LogP contribution in [0.5, 0.6) is 0 Å². The largest absolute Gasteiger partial charge is 0.419 e. The highest BCUT2D eigenvalue weighted by Crippen LogP contribution is 2.12. The van der Waals surface area contributed by atoms with Crippen molar-refractivity contribution in [2.24, 2.45) is 0 Å². The maximum atomic E-state index is 12.5. The lowest BCUT2D eigenvalue weighted by atomic mass is 10.3. The van der Waals surface area contributed by atoms with Crippen molar-refractivity contribution in [3.8, 4) is 0 Å². The lowest BCUT2D eigenvalue weighted by Crippen LogP contribution is -2.44. The number of oxazole rings is 1. The molecule has 0 aliphatic carbocycles. The number of sulfonamides is 1. The molecule has 1 N–H and O–H groups in total. The molecule has 138 valence electrons. The van der Waals surface area contributed by atoms with E-state index in [1.54, 1.807) is 45.0 Å². The zero-order chi connectivity index (χ0) is 18.6. The fourth-order valence-electron chi connectivity index (χ4n) is 2.50. The van der Waals surface area contributed by atoms with Crippen LogP contribution < -0.4 is 11.1 Å². The molecule has 1 amide bonds. The first-order valence-corrected chi connectivity index (χ1v) is 9.71. The Balaban J connectivity index is 2.12. The van der Waals surface area contributed by atoms with E-state index in [9.17, 15) is 18.0 Å². The van der Waals surface area contributed by atoms with Gasteiger partial charge in [-0.3, -0.25) is 9.36 Å². The number of likely N-dealkylation sites (N-methyl/N-ethyl adjacent to an activating group) is 1. The van der Waals surface area contributed by atoms with E-state index in [1.807, 2.05) is 0 Å². The molecular formula is C16H23N3O5S. The molecule has 0 aliphatic heterocycles. The third kappa shape index (κ3) is 4.70. The number of aryl methyl sites for hydroxylation is 1. The predicted molar refractivity (Wildman–Crippen MR) is 94.8 cm³/mol. The summed E-state index contributed by atoms with van der Waals surface area (Å²) in [6, 6.07) is 6.76. The predicted octanol–water partition coefficient (Wildman–Crippen LogP) is 0.771. The summed E-state index contributed by atoms with van der Waals surface area (Å²) in [7, 11) is -3.69. The Morgan fingerprint density at radius 1 is 1.32 bits per heavy atom. The van der Waals surface area contributed by atoms with E-state index in [1.165, 1.54) is 4.57 Å². The van der Waals surface area contributed by atoms with Gasteiger partial charge in [-0.1, -0.05) is 19.1 Å². The molecule has 0 fully saturated rings. The summed E-state index contributed by atoms with van der Waals surface area (Å²) in [6.45, 7) is 5.17. The third-order valence-corrected chi connectivity index (χ3v) is 5.53. The Morgan fingerprint density at radius 2 is 2.00 bits per heavy atom. The minimum Gasteiger partial charge on any atom is -0.408 e. The number of aromatic nitrogens is 1. The van der Waals surface area contributed by atoms with Crippen molar-refractivity contribution in [3.63, 3.8) is 0 Å². The molecule has 0 bridgehead atoms. The van der Waals surface area contributed by atoms with Crippen LogP contribution in [-0.4, -0.2) is 48.1 Å². The maximum Gasteiger partial charge on any atom is 0.419 e. The normalized spacial score (nSPS) is 12.2. The summed E-state index contributed by atoms with van der Waals surface area (Å²) < 4.78 is 32.5. The minimum absolute atomic E-state index is 0.0412. The third-order valence-electron chi connectivity index (χ3n) is 3.66. The van der Waals surface area contributed by atoms with Gasteiger partial charge in [-0.25, -0.2) is 13.2 Å². The molecular weight excluding hydrogens is 346 g/mol. The van der Waals surface area contributed by atoms with Gasteiger partial charge in [0.2, 0.25) is 15.9 Å². The van der Waals surface area contributed by atoms with Crippen LogP contribution in [0.4, 0.5) is 0 Å². The Kier molecular flexibility index (Phi) is 6.02. The van der Waals surface area contributed by atoms with Crippen molar-refractivity contribution in [3.05, 3.63) is 34.8 Å². The van der Waals surface area contributed by atoms with Gasteiger partial charge in [0.05, 0.1) is 17.8 Å². The number of benzene rings is 1. The number of amides is 1. The Labute approximate surface area is 146 Å². The monoisotopic (exact) mass is 369 g/mol. The molecule has 1 aromatic carbocycles. The van der Waals surface area contributed by atoms with E-state index in [0.29, 0.717) is 11.1 Å². The summed E-state index contributed by atoms with van der Waals surface area (Å²) in [5.74, 6) is -1.25. The molecule has 0 unspecified atom stereocenters. The standard InChI is InChI=1S/C16H23N3O5S/c1-4-18(11-15(20)17-12(2)3)25(22,23)10-9-19-13-7-5-6-8-14(13)24-16(19)21/h5-8,12H,4,9-11H2,1-3H3,(H,17,20). The first-order valence-electron chi connectivity index (χ1n) is 8.10. The van der Waals surface area contributed by atoms with Gasteiger partial charge in [0.25, 0.3) is 0 Å². The smallest absolute Gasteiger partial charge is 0.408 e. The number of hydrogen-bond donors (Lipinski definition) is 1. The number of carbonyl (C=O) groups is 1. The zero-order valence-electron chi connectivity index (χ0n) is 14.6. The zero-order valence-corrected chi connectivity index (χ0v) is 15.4. The fraction of sp³-hybridized carbons (Fsp3) is 0.500. The van der Waals surface area contributed by atoms with Gasteiger partial charge in [0.1, 0.15) is 0 Å². The number of para-hydroxylation sites is 2. The van der Waals surface area contributed by atoms with Crippen molar-refractivity contribution >= 4 is 27.0 Å². The molecule has 8 nitrogen and oxygen atoms in total. The van der Waals surface area contributed by atoms with Crippen LogP contribution >= 0.6 is 0 Å². The second kappa shape index (κ2) is 7.83. The first kappa shape index (κ1) is 19.2. The van der Waals surface area contributed by atoms with Crippen molar-refractivity contribution in [2.75, 3.05) is 18.8 Å². The van der Waals surface area contributed by atoms with Crippen LogP contribution in [0.15, 0.2) is 33.5 Å². The number of fused-ring (bicyclic) bond motifs is 1. The molecule has 1 aromatic heterocycles. The van der Waals surface area contributed by atoms with Crippen molar-refractivity contribution in [1.82, 2.24) is 14.2 Å². The average Bonchev–Trinajstić information content (AvgIpc) is 2.85. The highest BCUT2D eigenvalue weighted by molar-refractivity contribution is 7.89. The van der Waals surface area contributed by atoms with Crippen molar-refractivity contribution in [2.45, 2.75) is 33.4 Å². The fourth-order valence-corrected chi connectivity index (χ4v) is 3.87. The lowest BCUT2D eigenvalue weighted by molar-refractivity contribution is -0.121. The van der Waals surface area contributed by atoms with Crippen LogP contribution in [0.3, 0.4) is 0 Å². The van der Waals surface area contributed by atoms with Gasteiger partial charge in [-0.2, -0.15) is 4.31 Å². The number of nitrogens with one attached hydrogen (secondary N) is 1. The number of rotatable bonds is 8. The molecule has 0 saturated carbocycles. The minimum atomic E-state index is -3.69. The molecule has 2 rings (SSSR count). The average molecular weight is 369 g/mol. The number of nitrogens with zero attached hydrogens (tertiary/aromatic N) is 2. The first-order chi connectivity index (χ1) is 11.7. The van der Waals surface area contributed by atoms with Gasteiger partial charge >= 0.3 is 5.76 Å². The second-order valence-corrected chi connectivity index (χ2v) is 8.04. The maximum absolute atomic E-state index is 12.5. The van der Waals surface area contributed by atoms with Gasteiger partial charge < -0.3 is 9.73 Å². The van der Waals surface area contributed by atoms with E-state index < -0.39 is 15.8 Å². The molecule has 0 atom stereocenters. The lowest BCUT2D eigenvalue weighted by Gasteiger charge is -2.20. The highest BCUT2D eigenvalue weighted by Gasteiger charge is 2.24. The summed E-state index contributed by atoms with van der Waals surface area (Å²) in [4.78, 5) is 23.8. The van der Waals surface area contributed by atoms with E-state index in [2.05, 4.69) is 5.32 Å². The van der Waals surface area contributed by atoms with Crippen LogP contribution in [-0.2, 0) is 21.4 Å². The molecule has 0 aliphatic rings. The number of carbonyl (C=O) groups excluding carboxylic acids is 1. The molecule has 0 radical (unpaired) electrons. The van der Waals surface area contributed by atoms with E-state index in [0.717, 1.165) is 4.31 Å². The summed E-state index contributed by atoms with van der Waals surface area (Å²) in [5.41, 5.74) is 0.955.